The van der Waals surface area contributed by atoms with Crippen molar-refractivity contribution < 1.29 is 14.4 Å². The van der Waals surface area contributed by atoms with E-state index in [0.29, 0.717) is 11.4 Å². The molecule has 0 aliphatic carbocycles. The van der Waals surface area contributed by atoms with Gasteiger partial charge in [0.15, 0.2) is 5.78 Å². The fraction of sp³-hybridized carbons (Fsp3) is 0.364. The molecule has 0 spiro atoms. The number of aromatic nitrogens is 2. The van der Waals surface area contributed by atoms with Gasteiger partial charge in [0.05, 0.1) is 22.0 Å². The van der Waals surface area contributed by atoms with Gasteiger partial charge in [0, 0.05) is 32.4 Å². The van der Waals surface area contributed by atoms with Gasteiger partial charge in [0.2, 0.25) is 11.8 Å². The lowest BCUT2D eigenvalue weighted by Gasteiger charge is -2.23. The van der Waals surface area contributed by atoms with E-state index in [4.69, 9.17) is 0 Å². The fourth-order valence-electron chi connectivity index (χ4n) is 3.81. The van der Waals surface area contributed by atoms with Crippen LogP contribution in [0.1, 0.15) is 53.6 Å². The predicted molar refractivity (Wildman–Crippen MR) is 115 cm³/mol. The molecule has 4 rings (SSSR count). The molecule has 0 bridgehead atoms. The van der Waals surface area contributed by atoms with Crippen molar-refractivity contribution in [1.29, 1.82) is 0 Å². The number of hydrogen-bond donors (Lipinski definition) is 2. The van der Waals surface area contributed by atoms with Gasteiger partial charge in [-0.15, -0.1) is 11.3 Å². The third kappa shape index (κ3) is 4.59. The third-order valence-corrected chi connectivity index (χ3v) is 6.24. The van der Waals surface area contributed by atoms with Gasteiger partial charge in [0.25, 0.3) is 0 Å². The number of carbonyl (C=O) groups excluding carboxylic acids is 3. The van der Waals surface area contributed by atoms with Gasteiger partial charge in [-0.25, -0.2) is 4.98 Å². The molecule has 1 aromatic carbocycles. The van der Waals surface area contributed by atoms with Crippen molar-refractivity contribution in [3.05, 3.63) is 52.5 Å². The molecule has 1 aliphatic heterocycles. The standard InChI is InChI=1S/C22H24N4O3S/c27-18(19-8-4-14-30-19)9-10-20(28)23-12-11-21(29)26-13-3-7-17(26)22-24-15-5-1-2-6-16(15)25-22/h1-2,4-6,8,14,17H,3,7,9-13H2,(H,23,28)(H,24,25)/t17-/m0/s1. The highest BCUT2D eigenvalue weighted by Gasteiger charge is 2.31. The number of likely N-dealkylation sites (tertiary alicyclic amines) is 1. The first-order valence-electron chi connectivity index (χ1n) is 10.2. The summed E-state index contributed by atoms with van der Waals surface area (Å²) < 4.78 is 0. The first kappa shape index (κ1) is 20.3. The van der Waals surface area contributed by atoms with E-state index in [0.717, 1.165) is 29.7 Å². The highest BCUT2D eigenvalue weighted by Crippen LogP contribution is 2.31. The van der Waals surface area contributed by atoms with Crippen LogP contribution in [0, 0.1) is 0 Å². The summed E-state index contributed by atoms with van der Waals surface area (Å²) >= 11 is 1.38. The Balaban J connectivity index is 1.25. The second-order valence-corrected chi connectivity index (χ2v) is 8.33. The van der Waals surface area contributed by atoms with Crippen LogP contribution in [0.15, 0.2) is 41.8 Å². The maximum atomic E-state index is 12.7. The number of amides is 2. The topological polar surface area (TPSA) is 95.2 Å². The van der Waals surface area contributed by atoms with E-state index >= 15 is 0 Å². The molecule has 3 aromatic rings. The van der Waals surface area contributed by atoms with Crippen molar-refractivity contribution in [2.24, 2.45) is 0 Å². The number of carbonyl (C=O) groups is 3. The first-order valence-corrected chi connectivity index (χ1v) is 11.1. The third-order valence-electron chi connectivity index (χ3n) is 5.33. The second-order valence-electron chi connectivity index (χ2n) is 7.38. The lowest BCUT2D eigenvalue weighted by atomic mass is 10.2. The maximum absolute atomic E-state index is 12.7. The Hall–Kier alpha value is -3.00. The van der Waals surface area contributed by atoms with Crippen LogP contribution >= 0.6 is 11.3 Å². The molecule has 0 radical (unpaired) electrons. The van der Waals surface area contributed by atoms with E-state index in [9.17, 15) is 14.4 Å². The predicted octanol–water partition coefficient (Wildman–Crippen LogP) is 3.46. The van der Waals surface area contributed by atoms with E-state index in [1.165, 1.54) is 11.3 Å². The average Bonchev–Trinajstić information content (AvgIpc) is 3.51. The summed E-state index contributed by atoms with van der Waals surface area (Å²) in [5.41, 5.74) is 1.87. The Morgan fingerprint density at radius 2 is 2.00 bits per heavy atom. The molecule has 30 heavy (non-hydrogen) atoms. The summed E-state index contributed by atoms with van der Waals surface area (Å²) in [6.45, 7) is 0.970. The highest BCUT2D eigenvalue weighted by atomic mass is 32.1. The highest BCUT2D eigenvalue weighted by molar-refractivity contribution is 7.12. The minimum Gasteiger partial charge on any atom is -0.356 e. The molecule has 2 amide bonds. The molecule has 8 heteroatoms. The number of H-pyrrole nitrogens is 1. The zero-order valence-corrected chi connectivity index (χ0v) is 17.4. The molecule has 0 saturated carbocycles. The number of ketones is 1. The number of imidazole rings is 1. The first-order chi connectivity index (χ1) is 14.6. The zero-order chi connectivity index (χ0) is 20.9. The smallest absolute Gasteiger partial charge is 0.224 e. The van der Waals surface area contributed by atoms with E-state index in [1.54, 1.807) is 6.07 Å². The van der Waals surface area contributed by atoms with Gasteiger partial charge < -0.3 is 15.2 Å². The van der Waals surface area contributed by atoms with Crippen LogP contribution in [0.2, 0.25) is 0 Å². The Morgan fingerprint density at radius 3 is 2.80 bits per heavy atom. The van der Waals surface area contributed by atoms with Gasteiger partial charge in [-0.1, -0.05) is 18.2 Å². The van der Waals surface area contributed by atoms with E-state index in [1.807, 2.05) is 40.6 Å². The number of benzene rings is 1. The largest absolute Gasteiger partial charge is 0.356 e. The van der Waals surface area contributed by atoms with Gasteiger partial charge >= 0.3 is 0 Å². The number of hydrogen-bond acceptors (Lipinski definition) is 5. The summed E-state index contributed by atoms with van der Waals surface area (Å²) in [6.07, 6.45) is 2.37. The van der Waals surface area contributed by atoms with Gasteiger partial charge in [-0.3, -0.25) is 14.4 Å². The molecule has 2 aromatic heterocycles. The SMILES string of the molecule is O=C(CCC(=O)c1cccs1)NCCC(=O)N1CCC[C@H]1c1nc2ccccc2[nH]1. The van der Waals surface area contributed by atoms with Crippen molar-refractivity contribution in [2.75, 3.05) is 13.1 Å². The van der Waals surface area contributed by atoms with Crippen LogP contribution in [-0.2, 0) is 9.59 Å². The van der Waals surface area contributed by atoms with Crippen molar-refractivity contribution in [3.8, 4) is 0 Å². The lowest BCUT2D eigenvalue weighted by Crippen LogP contribution is -2.34. The van der Waals surface area contributed by atoms with Gasteiger partial charge in [0.1, 0.15) is 5.82 Å². The number of Topliss-reactive ketones (excluding diaryl/α,β-unsaturated/α-hetero) is 1. The molecular weight excluding hydrogens is 400 g/mol. The van der Waals surface area contributed by atoms with Gasteiger partial charge in [-0.05, 0) is 36.4 Å². The Morgan fingerprint density at radius 1 is 1.13 bits per heavy atom. The van der Waals surface area contributed by atoms with Crippen LogP contribution < -0.4 is 5.32 Å². The van der Waals surface area contributed by atoms with E-state index in [2.05, 4.69) is 15.3 Å². The molecule has 1 atom stereocenters. The zero-order valence-electron chi connectivity index (χ0n) is 16.6. The van der Waals surface area contributed by atoms with Crippen LogP contribution in [0.25, 0.3) is 11.0 Å². The van der Waals surface area contributed by atoms with Crippen LogP contribution in [0.5, 0.6) is 0 Å². The monoisotopic (exact) mass is 424 g/mol. The Labute approximate surface area is 178 Å². The number of thiophene rings is 1. The van der Waals surface area contributed by atoms with Crippen molar-refractivity contribution in [3.63, 3.8) is 0 Å². The van der Waals surface area contributed by atoms with Crippen LogP contribution in [0.3, 0.4) is 0 Å². The molecular formula is C22H24N4O3S. The molecule has 1 fully saturated rings. The quantitative estimate of drug-likeness (QED) is 0.542. The molecule has 1 aliphatic rings. The summed E-state index contributed by atoms with van der Waals surface area (Å²) in [5.74, 6) is 0.594. The molecule has 3 heterocycles. The maximum Gasteiger partial charge on any atom is 0.224 e. The molecule has 7 nitrogen and oxygen atoms in total. The normalized spacial score (nSPS) is 16.1. The molecule has 1 saturated heterocycles. The number of aromatic amines is 1. The van der Waals surface area contributed by atoms with Crippen LogP contribution in [0.4, 0.5) is 0 Å². The van der Waals surface area contributed by atoms with Crippen LogP contribution in [-0.4, -0.2) is 45.6 Å². The summed E-state index contributed by atoms with van der Waals surface area (Å²) in [6, 6.07) is 11.4. The minimum atomic E-state index is -0.206. The lowest BCUT2D eigenvalue weighted by molar-refractivity contribution is -0.132. The molecule has 2 N–H and O–H groups in total. The van der Waals surface area contributed by atoms with E-state index < -0.39 is 0 Å². The minimum absolute atomic E-state index is 0.00733. The van der Waals surface area contributed by atoms with Crippen molar-refractivity contribution in [1.82, 2.24) is 20.2 Å². The van der Waals surface area contributed by atoms with E-state index in [-0.39, 0.29) is 49.4 Å². The fourth-order valence-corrected chi connectivity index (χ4v) is 4.50. The summed E-state index contributed by atoms with van der Waals surface area (Å²) in [5, 5.41) is 4.60. The number of fused-ring (bicyclic) bond motifs is 1. The van der Waals surface area contributed by atoms with Gasteiger partial charge in [-0.2, -0.15) is 0 Å². The summed E-state index contributed by atoms with van der Waals surface area (Å²) in [4.78, 5) is 47.2. The second kappa shape index (κ2) is 9.21. The number of para-hydroxylation sites is 2. The number of nitrogens with one attached hydrogen (secondary N) is 2. The Bertz CT molecular complexity index is 1010. The summed E-state index contributed by atoms with van der Waals surface area (Å²) in [7, 11) is 0. The number of rotatable bonds is 8. The number of nitrogens with zero attached hydrogens (tertiary/aromatic N) is 2. The van der Waals surface area contributed by atoms with Crippen molar-refractivity contribution >= 4 is 40.0 Å². The average molecular weight is 425 g/mol. The Kier molecular flexibility index (Phi) is 6.23. The van der Waals surface area contributed by atoms with Crippen molar-refractivity contribution in [2.45, 2.75) is 38.1 Å². The molecule has 156 valence electrons. The molecule has 0 unspecified atom stereocenters.